The number of benzene rings is 2. The summed E-state index contributed by atoms with van der Waals surface area (Å²) in [6.45, 7) is 6.64. The summed E-state index contributed by atoms with van der Waals surface area (Å²) in [6, 6.07) is 13.2. The fourth-order valence-electron chi connectivity index (χ4n) is 4.60. The molecule has 0 unspecified atom stereocenters. The highest BCUT2D eigenvalue weighted by Crippen LogP contribution is 2.38. The maximum Gasteiger partial charge on any atom is 0.337 e. The van der Waals surface area contributed by atoms with Crippen LogP contribution in [0.5, 0.6) is 5.75 Å². The molecule has 0 saturated carbocycles. The number of carboxylic acid groups (broad SMARTS) is 1. The number of methoxy groups -OCH3 is 1. The molecule has 1 saturated heterocycles. The van der Waals surface area contributed by atoms with Gasteiger partial charge in [0.1, 0.15) is 5.75 Å². The summed E-state index contributed by atoms with van der Waals surface area (Å²) in [7, 11) is 1.66. The zero-order chi connectivity index (χ0) is 27.4. The van der Waals surface area contributed by atoms with Crippen LogP contribution in [0.2, 0.25) is 0 Å². The lowest BCUT2D eigenvalue weighted by Crippen LogP contribution is -2.37. The van der Waals surface area contributed by atoms with Crippen molar-refractivity contribution in [3.8, 4) is 27.6 Å². The van der Waals surface area contributed by atoms with Gasteiger partial charge in [-0.1, -0.05) is 6.92 Å². The van der Waals surface area contributed by atoms with Crippen molar-refractivity contribution in [2.45, 2.75) is 26.7 Å². The van der Waals surface area contributed by atoms with Crippen LogP contribution in [0.4, 0.5) is 17.3 Å². The first-order chi connectivity index (χ1) is 18.9. The number of aromatic nitrogens is 3. The van der Waals surface area contributed by atoms with Crippen LogP contribution in [0.25, 0.3) is 21.8 Å². The number of hydrogen-bond donors (Lipinski definition) is 2. The van der Waals surface area contributed by atoms with Gasteiger partial charge >= 0.3 is 5.97 Å². The Balaban J connectivity index is 1.48. The number of aromatic carboxylic acids is 1. The van der Waals surface area contributed by atoms with Crippen molar-refractivity contribution < 1.29 is 19.4 Å². The van der Waals surface area contributed by atoms with Crippen LogP contribution in [0.3, 0.4) is 0 Å². The van der Waals surface area contributed by atoms with Crippen LogP contribution in [0.15, 0.2) is 48.7 Å². The van der Waals surface area contributed by atoms with Crippen molar-refractivity contribution in [1.29, 1.82) is 0 Å². The topological polar surface area (TPSA) is 110 Å². The Kier molecular flexibility index (Phi) is 8.04. The number of aryl methyl sites for hydroxylation is 2. The third-order valence-corrected chi connectivity index (χ3v) is 7.56. The maximum atomic E-state index is 12.1. The van der Waals surface area contributed by atoms with Gasteiger partial charge in [0.25, 0.3) is 0 Å². The van der Waals surface area contributed by atoms with E-state index in [4.69, 9.17) is 19.4 Å². The van der Waals surface area contributed by atoms with E-state index in [0.717, 1.165) is 51.0 Å². The van der Waals surface area contributed by atoms with E-state index in [1.54, 1.807) is 30.7 Å². The summed E-state index contributed by atoms with van der Waals surface area (Å²) in [5.74, 6) is 0.170. The molecule has 4 aromatic rings. The SMILES string of the molecule is CCCc1nc(-c2cc(C)cc(OC)c2)c(-c2ccnc(Nc3ccc(N4CCOCC4)c(C(=O)O)c3)n2)s1. The number of ether oxygens (including phenoxy) is 2. The molecule has 0 bridgehead atoms. The summed E-state index contributed by atoms with van der Waals surface area (Å²) < 4.78 is 10.9. The van der Waals surface area contributed by atoms with Crippen LogP contribution in [0, 0.1) is 6.92 Å². The first kappa shape index (κ1) is 26.6. The lowest BCUT2D eigenvalue weighted by molar-refractivity contribution is 0.0696. The van der Waals surface area contributed by atoms with Crippen molar-refractivity contribution in [3.63, 3.8) is 0 Å². The Morgan fingerprint density at radius 3 is 2.72 bits per heavy atom. The molecule has 10 heteroatoms. The summed E-state index contributed by atoms with van der Waals surface area (Å²) in [5.41, 5.74) is 5.15. The zero-order valence-corrected chi connectivity index (χ0v) is 23.0. The lowest BCUT2D eigenvalue weighted by atomic mass is 10.1. The second-order valence-corrected chi connectivity index (χ2v) is 10.4. The van der Waals surface area contributed by atoms with Crippen LogP contribution < -0.4 is 15.0 Å². The van der Waals surface area contributed by atoms with Gasteiger partial charge in [-0.05, 0) is 67.8 Å². The number of nitrogens with zero attached hydrogens (tertiary/aromatic N) is 4. The van der Waals surface area contributed by atoms with Crippen LogP contribution in [-0.4, -0.2) is 59.4 Å². The van der Waals surface area contributed by atoms with Crippen molar-refractivity contribution >= 4 is 34.6 Å². The molecular weight excluding hydrogens is 514 g/mol. The standard InChI is InChI=1S/C29H31N5O4S/c1-4-5-25-33-26(19-14-18(2)15-21(16-19)37-3)27(39-25)23-8-9-30-29(32-23)31-20-6-7-24(22(17-20)28(35)36)34-10-12-38-13-11-34/h6-9,14-17H,4-5,10-13H2,1-3H3,(H,35,36)(H,30,31,32). The highest BCUT2D eigenvalue weighted by atomic mass is 32.1. The van der Waals surface area contributed by atoms with Crippen LogP contribution >= 0.6 is 11.3 Å². The van der Waals surface area contributed by atoms with E-state index in [9.17, 15) is 9.90 Å². The molecule has 2 aromatic heterocycles. The van der Waals surface area contributed by atoms with E-state index in [2.05, 4.69) is 23.3 Å². The smallest absolute Gasteiger partial charge is 0.337 e. The molecule has 0 atom stereocenters. The molecule has 202 valence electrons. The van der Waals surface area contributed by atoms with E-state index >= 15 is 0 Å². The molecule has 0 amide bonds. The van der Waals surface area contributed by atoms with Gasteiger partial charge in [-0.15, -0.1) is 11.3 Å². The molecule has 1 aliphatic heterocycles. The molecule has 2 N–H and O–H groups in total. The fourth-order valence-corrected chi connectivity index (χ4v) is 5.75. The van der Waals surface area contributed by atoms with Crippen LogP contribution in [-0.2, 0) is 11.2 Å². The fraction of sp³-hybridized carbons (Fsp3) is 0.310. The Morgan fingerprint density at radius 1 is 1.15 bits per heavy atom. The van der Waals surface area contributed by atoms with Gasteiger partial charge < -0.3 is 24.8 Å². The third kappa shape index (κ3) is 6.02. The monoisotopic (exact) mass is 545 g/mol. The highest BCUT2D eigenvalue weighted by Gasteiger charge is 2.20. The molecule has 1 fully saturated rings. The minimum absolute atomic E-state index is 0.223. The van der Waals surface area contributed by atoms with Gasteiger partial charge in [0, 0.05) is 30.5 Å². The summed E-state index contributed by atoms with van der Waals surface area (Å²) in [4.78, 5) is 29.2. The van der Waals surface area contributed by atoms with Crippen molar-refractivity contribution in [2.24, 2.45) is 0 Å². The number of hydrogen-bond acceptors (Lipinski definition) is 9. The number of nitrogens with one attached hydrogen (secondary N) is 1. The molecule has 0 radical (unpaired) electrons. The zero-order valence-electron chi connectivity index (χ0n) is 22.2. The molecule has 0 aliphatic carbocycles. The third-order valence-electron chi connectivity index (χ3n) is 6.42. The number of anilines is 3. The molecule has 39 heavy (non-hydrogen) atoms. The minimum Gasteiger partial charge on any atom is -0.497 e. The van der Waals surface area contributed by atoms with E-state index in [0.29, 0.717) is 43.6 Å². The van der Waals surface area contributed by atoms with E-state index in [1.807, 2.05) is 42.2 Å². The van der Waals surface area contributed by atoms with Gasteiger partial charge in [0.2, 0.25) is 5.95 Å². The van der Waals surface area contributed by atoms with Crippen LogP contribution in [0.1, 0.15) is 34.3 Å². The van der Waals surface area contributed by atoms with E-state index < -0.39 is 5.97 Å². The minimum atomic E-state index is -0.985. The Hall–Kier alpha value is -4.02. The average Bonchev–Trinajstić information content (AvgIpc) is 3.37. The van der Waals surface area contributed by atoms with Gasteiger partial charge in [0.05, 0.1) is 52.8 Å². The Labute approximate surface area is 231 Å². The lowest BCUT2D eigenvalue weighted by Gasteiger charge is -2.30. The van der Waals surface area contributed by atoms with Crippen molar-refractivity contribution in [2.75, 3.05) is 43.6 Å². The van der Waals surface area contributed by atoms with E-state index in [1.165, 1.54) is 0 Å². The van der Waals surface area contributed by atoms with Gasteiger partial charge in [-0.3, -0.25) is 0 Å². The number of rotatable bonds is 9. The predicted octanol–water partition coefficient (Wildman–Crippen LogP) is 5.82. The molecule has 1 aliphatic rings. The van der Waals surface area contributed by atoms with Crippen molar-refractivity contribution in [1.82, 2.24) is 15.0 Å². The Bertz CT molecular complexity index is 1480. The summed E-state index contributed by atoms with van der Waals surface area (Å²) in [5, 5.41) is 14.1. The highest BCUT2D eigenvalue weighted by molar-refractivity contribution is 7.15. The van der Waals surface area contributed by atoms with Gasteiger partial charge in [-0.2, -0.15) is 0 Å². The second-order valence-electron chi connectivity index (χ2n) is 9.30. The molecule has 3 heterocycles. The second kappa shape index (κ2) is 11.8. The maximum absolute atomic E-state index is 12.1. The number of thiazole rings is 1. The number of morpholine rings is 1. The molecule has 0 spiro atoms. The van der Waals surface area contributed by atoms with Crippen molar-refractivity contribution in [3.05, 3.63) is 64.8 Å². The summed E-state index contributed by atoms with van der Waals surface area (Å²) in [6.07, 6.45) is 3.57. The molecule has 9 nitrogen and oxygen atoms in total. The number of carbonyl (C=O) groups is 1. The first-order valence-corrected chi connectivity index (χ1v) is 13.7. The molecule has 2 aromatic carbocycles. The normalized spacial score (nSPS) is 13.4. The quantitative estimate of drug-likeness (QED) is 0.269. The Morgan fingerprint density at radius 2 is 1.97 bits per heavy atom. The largest absolute Gasteiger partial charge is 0.497 e. The first-order valence-electron chi connectivity index (χ1n) is 12.9. The van der Waals surface area contributed by atoms with E-state index in [-0.39, 0.29) is 5.56 Å². The number of carboxylic acids is 1. The average molecular weight is 546 g/mol. The molecule has 5 rings (SSSR count). The summed E-state index contributed by atoms with van der Waals surface area (Å²) >= 11 is 1.63. The predicted molar refractivity (Wildman–Crippen MR) is 154 cm³/mol. The molecular formula is C29H31N5O4S. The van der Waals surface area contributed by atoms with Gasteiger partial charge in [0.15, 0.2) is 0 Å². The van der Waals surface area contributed by atoms with Gasteiger partial charge in [-0.25, -0.2) is 19.7 Å².